The van der Waals surface area contributed by atoms with Crippen LogP contribution in [0.15, 0.2) is 66.2 Å². The van der Waals surface area contributed by atoms with Gasteiger partial charge in [0.25, 0.3) is 5.91 Å². The summed E-state index contributed by atoms with van der Waals surface area (Å²) in [6.45, 7) is 5.62. The highest BCUT2D eigenvalue weighted by Crippen LogP contribution is 2.17. The molecule has 6 nitrogen and oxygen atoms in total. The molecule has 0 aliphatic carbocycles. The van der Waals surface area contributed by atoms with Gasteiger partial charge in [-0.2, -0.15) is 0 Å². The number of ether oxygens (including phenoxy) is 1. The largest absolute Gasteiger partial charge is 0.489 e. The number of nitrogens with zero attached hydrogens (tertiary/aromatic N) is 1. The number of benzene rings is 2. The lowest BCUT2D eigenvalue weighted by molar-refractivity contribution is 0.0954. The highest BCUT2D eigenvalue weighted by Gasteiger charge is 2.08. The molecule has 3 N–H and O–H groups in total. The second-order valence-corrected chi connectivity index (χ2v) is 6.20. The van der Waals surface area contributed by atoms with Gasteiger partial charge in [0.2, 0.25) is 0 Å². The molecule has 29 heavy (non-hydrogen) atoms. The number of carbonyl (C=O) groups is 1. The Kier molecular flexibility index (Phi) is 11.8. The first-order chi connectivity index (χ1) is 13.7. The smallest absolute Gasteiger partial charge is 0.252 e. The number of carbonyl (C=O) groups excluding carboxylic acids is 1. The van der Waals surface area contributed by atoms with Crippen LogP contribution in [0, 0.1) is 0 Å². The number of para-hydroxylation sites is 1. The SMILES string of the molecule is C=CCOc1ccccc1CNC(=NC)NCCNC(=O)c1ccccc1Cl.I. The summed E-state index contributed by atoms with van der Waals surface area (Å²) >= 11 is 6.03. The highest BCUT2D eigenvalue weighted by atomic mass is 127. The third-order valence-electron chi connectivity index (χ3n) is 3.82. The fourth-order valence-corrected chi connectivity index (χ4v) is 2.66. The highest BCUT2D eigenvalue weighted by molar-refractivity contribution is 14.0. The number of nitrogens with one attached hydrogen (secondary N) is 3. The van der Waals surface area contributed by atoms with Gasteiger partial charge in [-0.1, -0.05) is 54.6 Å². The van der Waals surface area contributed by atoms with Crippen molar-refractivity contribution in [1.82, 2.24) is 16.0 Å². The van der Waals surface area contributed by atoms with Crippen LogP contribution in [0.1, 0.15) is 15.9 Å². The number of hydrogen-bond donors (Lipinski definition) is 3. The maximum Gasteiger partial charge on any atom is 0.252 e. The van der Waals surface area contributed by atoms with Crippen LogP contribution in [0.4, 0.5) is 0 Å². The number of halogens is 2. The van der Waals surface area contributed by atoms with Gasteiger partial charge in [-0.3, -0.25) is 9.79 Å². The Bertz CT molecular complexity index is 830. The molecule has 0 saturated heterocycles. The van der Waals surface area contributed by atoms with Gasteiger partial charge < -0.3 is 20.7 Å². The van der Waals surface area contributed by atoms with Crippen LogP contribution in [-0.2, 0) is 6.54 Å². The minimum atomic E-state index is -0.205. The van der Waals surface area contributed by atoms with E-state index in [-0.39, 0.29) is 29.9 Å². The van der Waals surface area contributed by atoms with Gasteiger partial charge in [-0.15, -0.1) is 24.0 Å². The maximum absolute atomic E-state index is 12.1. The maximum atomic E-state index is 12.1. The average molecular weight is 529 g/mol. The lowest BCUT2D eigenvalue weighted by atomic mass is 10.2. The first-order valence-corrected chi connectivity index (χ1v) is 9.32. The lowest BCUT2D eigenvalue weighted by Crippen LogP contribution is -2.41. The number of hydrogen-bond acceptors (Lipinski definition) is 3. The van der Waals surface area contributed by atoms with E-state index in [1.54, 1.807) is 37.4 Å². The van der Waals surface area contributed by atoms with Crippen LogP contribution in [-0.4, -0.2) is 38.6 Å². The topological polar surface area (TPSA) is 74.8 Å². The monoisotopic (exact) mass is 528 g/mol. The van der Waals surface area contributed by atoms with Gasteiger partial charge in [-0.05, 0) is 18.2 Å². The minimum Gasteiger partial charge on any atom is -0.489 e. The standard InChI is InChI=1S/C21H25ClN4O2.HI/c1-3-14-28-19-11-7-4-8-16(19)15-26-21(23-2)25-13-12-24-20(27)17-9-5-6-10-18(17)22;/h3-11H,1,12-15H2,2H3,(H,24,27)(H2,23,25,26);1H. The van der Waals surface area contributed by atoms with E-state index >= 15 is 0 Å². The van der Waals surface area contributed by atoms with E-state index in [4.69, 9.17) is 16.3 Å². The second kappa shape index (κ2) is 13.8. The summed E-state index contributed by atoms with van der Waals surface area (Å²) in [5.74, 6) is 1.23. The molecule has 2 aromatic rings. The van der Waals surface area contributed by atoms with Crippen molar-refractivity contribution in [2.45, 2.75) is 6.54 Å². The molecule has 0 atom stereocenters. The van der Waals surface area contributed by atoms with Crippen molar-refractivity contribution in [2.24, 2.45) is 4.99 Å². The molecule has 2 rings (SSSR count). The van der Waals surface area contributed by atoms with Crippen molar-refractivity contribution < 1.29 is 9.53 Å². The molecule has 2 aromatic carbocycles. The van der Waals surface area contributed by atoms with Crippen LogP contribution >= 0.6 is 35.6 Å². The van der Waals surface area contributed by atoms with Gasteiger partial charge in [0.15, 0.2) is 5.96 Å². The summed E-state index contributed by atoms with van der Waals surface area (Å²) in [5.41, 5.74) is 1.47. The van der Waals surface area contributed by atoms with E-state index in [2.05, 4.69) is 27.5 Å². The van der Waals surface area contributed by atoms with Crippen molar-refractivity contribution in [3.63, 3.8) is 0 Å². The van der Waals surface area contributed by atoms with Crippen molar-refractivity contribution in [2.75, 3.05) is 26.7 Å². The van der Waals surface area contributed by atoms with E-state index in [0.29, 0.717) is 42.8 Å². The van der Waals surface area contributed by atoms with E-state index in [1.807, 2.05) is 24.3 Å². The molecule has 0 heterocycles. The van der Waals surface area contributed by atoms with Crippen molar-refractivity contribution >= 4 is 47.4 Å². The fraction of sp³-hybridized carbons (Fsp3) is 0.238. The normalized spacial score (nSPS) is 10.5. The molecule has 0 aromatic heterocycles. The average Bonchev–Trinajstić information content (AvgIpc) is 2.72. The Labute approximate surface area is 193 Å². The van der Waals surface area contributed by atoms with Gasteiger partial charge in [0, 0.05) is 32.2 Å². The van der Waals surface area contributed by atoms with Crippen LogP contribution in [0.3, 0.4) is 0 Å². The molecule has 0 fully saturated rings. The molecular weight excluding hydrogens is 503 g/mol. The van der Waals surface area contributed by atoms with Crippen LogP contribution in [0.2, 0.25) is 5.02 Å². The minimum absolute atomic E-state index is 0. The summed E-state index contributed by atoms with van der Waals surface area (Å²) in [7, 11) is 1.69. The second-order valence-electron chi connectivity index (χ2n) is 5.80. The quantitative estimate of drug-likeness (QED) is 0.153. The zero-order chi connectivity index (χ0) is 20.2. The van der Waals surface area contributed by atoms with Crippen molar-refractivity contribution in [3.05, 3.63) is 77.3 Å². The van der Waals surface area contributed by atoms with Crippen LogP contribution in [0.25, 0.3) is 0 Å². The van der Waals surface area contributed by atoms with E-state index < -0.39 is 0 Å². The number of guanidine groups is 1. The number of rotatable bonds is 9. The number of amides is 1. The Balaban J connectivity index is 0.00000420. The first kappa shape index (κ1) is 24.8. The Morgan fingerprint density at radius 1 is 1.10 bits per heavy atom. The molecule has 0 bridgehead atoms. The summed E-state index contributed by atoms with van der Waals surface area (Å²) in [6.07, 6.45) is 1.71. The molecule has 1 amide bonds. The third-order valence-corrected chi connectivity index (χ3v) is 4.15. The fourth-order valence-electron chi connectivity index (χ4n) is 2.44. The first-order valence-electron chi connectivity index (χ1n) is 8.94. The molecule has 156 valence electrons. The van der Waals surface area contributed by atoms with Crippen molar-refractivity contribution in [1.29, 1.82) is 0 Å². The lowest BCUT2D eigenvalue weighted by Gasteiger charge is -2.14. The Hall–Kier alpha value is -2.26. The van der Waals surface area contributed by atoms with Gasteiger partial charge >= 0.3 is 0 Å². The third kappa shape index (κ3) is 8.33. The van der Waals surface area contributed by atoms with E-state index in [1.165, 1.54) is 0 Å². The molecule has 0 aliphatic rings. The molecule has 8 heteroatoms. The van der Waals surface area contributed by atoms with Gasteiger partial charge in [-0.25, -0.2) is 0 Å². The summed E-state index contributed by atoms with van der Waals surface area (Å²) in [5, 5.41) is 9.65. The molecule has 0 unspecified atom stereocenters. The molecule has 0 spiro atoms. The number of aliphatic imine (C=N–C) groups is 1. The summed E-state index contributed by atoms with van der Waals surface area (Å²) in [6, 6.07) is 14.7. The Morgan fingerprint density at radius 2 is 1.79 bits per heavy atom. The molecule has 0 radical (unpaired) electrons. The van der Waals surface area contributed by atoms with Gasteiger partial charge in [0.1, 0.15) is 12.4 Å². The van der Waals surface area contributed by atoms with E-state index in [9.17, 15) is 4.79 Å². The van der Waals surface area contributed by atoms with E-state index in [0.717, 1.165) is 11.3 Å². The zero-order valence-corrected chi connectivity index (χ0v) is 19.4. The van der Waals surface area contributed by atoms with Crippen molar-refractivity contribution in [3.8, 4) is 5.75 Å². The zero-order valence-electron chi connectivity index (χ0n) is 16.3. The Morgan fingerprint density at radius 3 is 2.52 bits per heavy atom. The predicted octanol–water partition coefficient (Wildman–Crippen LogP) is 3.62. The molecular formula is C21H26ClIN4O2. The predicted molar refractivity (Wildman–Crippen MR) is 130 cm³/mol. The summed E-state index contributed by atoms with van der Waals surface area (Å²) < 4.78 is 5.65. The summed E-state index contributed by atoms with van der Waals surface area (Å²) in [4.78, 5) is 16.3. The molecule has 0 saturated carbocycles. The van der Waals surface area contributed by atoms with Crippen LogP contribution < -0.4 is 20.7 Å². The van der Waals surface area contributed by atoms with Gasteiger partial charge in [0.05, 0.1) is 10.6 Å². The van der Waals surface area contributed by atoms with Crippen LogP contribution in [0.5, 0.6) is 5.75 Å². The molecule has 0 aliphatic heterocycles.